The third kappa shape index (κ3) is 5.53. The van der Waals surface area contributed by atoms with Gasteiger partial charge in [-0.05, 0) is 43.1 Å². The first-order chi connectivity index (χ1) is 10.8. The van der Waals surface area contributed by atoms with E-state index in [2.05, 4.69) is 67.7 Å². The van der Waals surface area contributed by atoms with E-state index in [4.69, 9.17) is 4.74 Å². The Bertz CT molecular complexity index is 521. The molecule has 2 heteroatoms. The van der Waals surface area contributed by atoms with Crippen LogP contribution in [0.25, 0.3) is 0 Å². The van der Waals surface area contributed by atoms with Gasteiger partial charge in [-0.15, -0.1) is 0 Å². The molecule has 0 heterocycles. The van der Waals surface area contributed by atoms with Crippen molar-refractivity contribution < 1.29 is 4.74 Å². The number of unbranched alkanes of at least 4 members (excludes halogenated alkanes) is 1. The van der Waals surface area contributed by atoms with Crippen molar-refractivity contribution >= 4 is 0 Å². The van der Waals surface area contributed by atoms with E-state index in [1.807, 2.05) is 6.07 Å². The maximum atomic E-state index is 5.82. The third-order valence-electron chi connectivity index (χ3n) is 3.86. The van der Waals surface area contributed by atoms with Gasteiger partial charge in [0.25, 0.3) is 0 Å². The second kappa shape index (κ2) is 9.26. The zero-order chi connectivity index (χ0) is 15.6. The lowest BCUT2D eigenvalue weighted by Gasteiger charge is -2.14. The molecule has 0 saturated heterocycles. The summed E-state index contributed by atoms with van der Waals surface area (Å²) in [6, 6.07) is 19.3. The molecular weight excluding hydrogens is 270 g/mol. The molecule has 2 nitrogen and oxygen atoms in total. The molecule has 0 saturated carbocycles. The SMILES string of the molecule is CCCCNC(C)c1ccc(OCCc2ccccc2)cc1. The highest BCUT2D eigenvalue weighted by molar-refractivity contribution is 5.29. The normalized spacial score (nSPS) is 12.1. The molecule has 0 aliphatic heterocycles. The van der Waals surface area contributed by atoms with E-state index in [1.54, 1.807) is 0 Å². The van der Waals surface area contributed by atoms with Gasteiger partial charge in [0.1, 0.15) is 5.75 Å². The minimum Gasteiger partial charge on any atom is -0.493 e. The summed E-state index contributed by atoms with van der Waals surface area (Å²) in [6.45, 7) is 6.22. The topological polar surface area (TPSA) is 21.3 Å². The summed E-state index contributed by atoms with van der Waals surface area (Å²) in [7, 11) is 0. The zero-order valence-corrected chi connectivity index (χ0v) is 13.7. The molecule has 2 aromatic rings. The van der Waals surface area contributed by atoms with Crippen LogP contribution in [0.15, 0.2) is 54.6 Å². The van der Waals surface area contributed by atoms with Crippen molar-refractivity contribution in [3.8, 4) is 5.75 Å². The molecule has 1 N–H and O–H groups in total. The largest absolute Gasteiger partial charge is 0.493 e. The summed E-state index contributed by atoms with van der Waals surface area (Å²) in [6.07, 6.45) is 3.40. The van der Waals surface area contributed by atoms with Crippen molar-refractivity contribution in [1.29, 1.82) is 0 Å². The smallest absolute Gasteiger partial charge is 0.119 e. The molecule has 0 aliphatic rings. The Kier molecular flexibility index (Phi) is 6.98. The van der Waals surface area contributed by atoms with Gasteiger partial charge in [0.05, 0.1) is 6.61 Å². The molecule has 0 spiro atoms. The van der Waals surface area contributed by atoms with Gasteiger partial charge in [-0.2, -0.15) is 0 Å². The lowest BCUT2D eigenvalue weighted by molar-refractivity contribution is 0.322. The number of nitrogens with one attached hydrogen (secondary N) is 1. The highest BCUT2D eigenvalue weighted by Gasteiger charge is 2.04. The standard InChI is InChI=1S/C20H27NO/c1-3-4-15-21-17(2)19-10-12-20(13-11-19)22-16-14-18-8-6-5-7-9-18/h5-13,17,21H,3-4,14-16H2,1-2H3. The van der Waals surface area contributed by atoms with Gasteiger partial charge in [-0.25, -0.2) is 0 Å². The molecule has 0 aliphatic carbocycles. The van der Waals surface area contributed by atoms with Gasteiger partial charge in [0, 0.05) is 12.5 Å². The van der Waals surface area contributed by atoms with Crippen LogP contribution in [0.2, 0.25) is 0 Å². The van der Waals surface area contributed by atoms with Crippen LogP contribution in [0.3, 0.4) is 0 Å². The van der Waals surface area contributed by atoms with Gasteiger partial charge in [0.2, 0.25) is 0 Å². The molecule has 22 heavy (non-hydrogen) atoms. The summed E-state index contributed by atoms with van der Waals surface area (Å²) in [5.74, 6) is 0.945. The Hall–Kier alpha value is -1.80. The van der Waals surface area contributed by atoms with Crippen molar-refractivity contribution in [2.24, 2.45) is 0 Å². The molecule has 0 amide bonds. The Labute approximate surface area is 134 Å². The van der Waals surface area contributed by atoms with E-state index in [0.29, 0.717) is 12.6 Å². The molecule has 1 unspecified atom stereocenters. The van der Waals surface area contributed by atoms with E-state index in [-0.39, 0.29) is 0 Å². The van der Waals surface area contributed by atoms with Crippen molar-refractivity contribution in [3.05, 3.63) is 65.7 Å². The minimum atomic E-state index is 0.393. The van der Waals surface area contributed by atoms with Gasteiger partial charge in [-0.1, -0.05) is 55.8 Å². The van der Waals surface area contributed by atoms with E-state index in [0.717, 1.165) is 18.7 Å². The van der Waals surface area contributed by atoms with E-state index in [1.165, 1.54) is 24.0 Å². The molecule has 0 fully saturated rings. The van der Waals surface area contributed by atoms with Gasteiger partial charge in [0.15, 0.2) is 0 Å². The fraction of sp³-hybridized carbons (Fsp3) is 0.400. The average molecular weight is 297 g/mol. The van der Waals surface area contributed by atoms with Crippen molar-refractivity contribution in [2.45, 2.75) is 39.2 Å². The van der Waals surface area contributed by atoms with E-state index >= 15 is 0 Å². The van der Waals surface area contributed by atoms with Gasteiger partial charge in [-0.3, -0.25) is 0 Å². The predicted molar refractivity (Wildman–Crippen MR) is 93.4 cm³/mol. The molecule has 2 aromatic carbocycles. The highest BCUT2D eigenvalue weighted by Crippen LogP contribution is 2.18. The van der Waals surface area contributed by atoms with Crippen molar-refractivity contribution in [2.75, 3.05) is 13.2 Å². The summed E-state index contributed by atoms with van der Waals surface area (Å²) >= 11 is 0. The average Bonchev–Trinajstić information content (AvgIpc) is 2.56. The fourth-order valence-corrected chi connectivity index (χ4v) is 2.40. The molecule has 118 valence electrons. The number of ether oxygens (including phenoxy) is 1. The first kappa shape index (κ1) is 16.6. The first-order valence-electron chi connectivity index (χ1n) is 8.29. The maximum absolute atomic E-state index is 5.82. The number of hydrogen-bond acceptors (Lipinski definition) is 2. The first-order valence-corrected chi connectivity index (χ1v) is 8.29. The number of benzene rings is 2. The van der Waals surface area contributed by atoms with Crippen LogP contribution < -0.4 is 10.1 Å². The maximum Gasteiger partial charge on any atom is 0.119 e. The lowest BCUT2D eigenvalue weighted by Crippen LogP contribution is -2.19. The quantitative estimate of drug-likeness (QED) is 0.674. The van der Waals surface area contributed by atoms with Crippen LogP contribution in [0, 0.1) is 0 Å². The van der Waals surface area contributed by atoms with Crippen LogP contribution in [-0.2, 0) is 6.42 Å². The number of hydrogen-bond donors (Lipinski definition) is 1. The van der Waals surface area contributed by atoms with Crippen molar-refractivity contribution in [1.82, 2.24) is 5.32 Å². The summed E-state index contributed by atoms with van der Waals surface area (Å²) in [5, 5.41) is 3.54. The molecule has 0 aromatic heterocycles. The van der Waals surface area contributed by atoms with E-state index < -0.39 is 0 Å². The van der Waals surface area contributed by atoms with Gasteiger partial charge < -0.3 is 10.1 Å². The Morgan fingerprint density at radius 2 is 1.73 bits per heavy atom. The van der Waals surface area contributed by atoms with Crippen molar-refractivity contribution in [3.63, 3.8) is 0 Å². The predicted octanol–water partition coefficient (Wildman–Crippen LogP) is 4.76. The molecule has 0 bridgehead atoms. The number of rotatable bonds is 9. The molecular formula is C20H27NO. The third-order valence-corrected chi connectivity index (χ3v) is 3.86. The Morgan fingerprint density at radius 1 is 1.00 bits per heavy atom. The monoisotopic (exact) mass is 297 g/mol. The summed E-state index contributed by atoms with van der Waals surface area (Å²) < 4.78 is 5.82. The van der Waals surface area contributed by atoms with Gasteiger partial charge >= 0.3 is 0 Å². The second-order valence-electron chi connectivity index (χ2n) is 5.68. The molecule has 0 radical (unpaired) electrons. The van der Waals surface area contributed by atoms with Crippen LogP contribution in [0.1, 0.15) is 43.9 Å². The highest BCUT2D eigenvalue weighted by atomic mass is 16.5. The second-order valence-corrected chi connectivity index (χ2v) is 5.68. The Balaban J connectivity index is 1.76. The Morgan fingerprint density at radius 3 is 2.41 bits per heavy atom. The van der Waals surface area contributed by atoms with Crippen LogP contribution in [0.5, 0.6) is 5.75 Å². The fourth-order valence-electron chi connectivity index (χ4n) is 2.40. The minimum absolute atomic E-state index is 0.393. The zero-order valence-electron chi connectivity index (χ0n) is 13.7. The van der Waals surface area contributed by atoms with Crippen LogP contribution in [0.4, 0.5) is 0 Å². The molecule has 2 rings (SSSR count). The van der Waals surface area contributed by atoms with Crippen LogP contribution >= 0.6 is 0 Å². The lowest BCUT2D eigenvalue weighted by atomic mass is 10.1. The summed E-state index contributed by atoms with van der Waals surface area (Å²) in [5.41, 5.74) is 2.62. The van der Waals surface area contributed by atoms with Crippen LogP contribution in [-0.4, -0.2) is 13.2 Å². The molecule has 1 atom stereocenters. The van der Waals surface area contributed by atoms with E-state index in [9.17, 15) is 0 Å². The summed E-state index contributed by atoms with van der Waals surface area (Å²) in [4.78, 5) is 0.